The van der Waals surface area contributed by atoms with Crippen LogP contribution in [-0.2, 0) is 10.7 Å². The molecule has 0 aromatic rings. The summed E-state index contributed by atoms with van der Waals surface area (Å²) < 4.78 is 19.4. The van der Waals surface area contributed by atoms with Gasteiger partial charge in [-0.1, -0.05) is 0 Å². The monoisotopic (exact) mass is 123 g/mol. The Labute approximate surface area is 43.9 Å². The van der Waals surface area contributed by atoms with E-state index in [4.69, 9.17) is 5.11 Å². The second kappa shape index (κ2) is 2.98. The molecule has 0 heterocycles. The Hall–Kier alpha value is -0.0900. The maximum atomic E-state index is 9.68. The van der Waals surface area contributed by atoms with Crippen LogP contribution in [-0.4, -0.2) is 19.0 Å². The van der Waals surface area contributed by atoms with Crippen LogP contribution in [0.3, 0.4) is 0 Å². The second-order valence-electron chi connectivity index (χ2n) is 1.05. The zero-order chi connectivity index (χ0) is 5.86. The largest absolute Gasteiger partial charge is 0.377 e. The highest BCUT2D eigenvalue weighted by molar-refractivity contribution is 7.72. The fourth-order valence-corrected chi connectivity index (χ4v) is 0.316. The molecule has 0 fully saturated rings. The number of hydrogen-bond acceptors (Lipinski definition) is 3. The van der Waals surface area contributed by atoms with Crippen LogP contribution >= 0.6 is 0 Å². The average molecular weight is 123 g/mol. The third-order valence-corrected chi connectivity index (χ3v) is 1.25. The lowest BCUT2D eigenvalue weighted by molar-refractivity contribution is 0.256. The summed E-state index contributed by atoms with van der Waals surface area (Å²) in [6.45, 7) is 3.17. The van der Waals surface area contributed by atoms with Gasteiger partial charge in [-0.15, -0.1) is 0 Å². The molecule has 4 heteroatoms. The molecule has 1 atom stereocenters. The molecule has 0 aliphatic rings. The summed E-state index contributed by atoms with van der Waals surface area (Å²) in [5, 5.41) is 8.28. The van der Waals surface area contributed by atoms with Crippen LogP contribution in [0.4, 0.5) is 0 Å². The third-order valence-electron chi connectivity index (χ3n) is 0.502. The van der Waals surface area contributed by atoms with Crippen LogP contribution in [0, 0.1) is 6.92 Å². The molecule has 0 aliphatic carbocycles. The zero-order valence-electron chi connectivity index (χ0n) is 3.70. The Bertz CT molecular complexity index is 98.7. The molecule has 0 bridgehead atoms. The van der Waals surface area contributed by atoms with E-state index < -0.39 is 16.1 Å². The van der Waals surface area contributed by atoms with E-state index in [2.05, 4.69) is 6.92 Å². The van der Waals surface area contributed by atoms with Gasteiger partial charge in [0, 0.05) is 0 Å². The van der Waals surface area contributed by atoms with Crippen LogP contribution in [0.5, 0.6) is 0 Å². The molecule has 0 saturated heterocycles. The first-order valence-corrected chi connectivity index (χ1v) is 3.04. The van der Waals surface area contributed by atoms with Gasteiger partial charge in [0.15, 0.2) is 16.1 Å². The first kappa shape index (κ1) is 6.91. The average Bonchev–Trinajstić information content (AvgIpc) is 1.65. The molecule has 0 saturated carbocycles. The topological polar surface area (TPSA) is 54.4 Å². The summed E-state index contributed by atoms with van der Waals surface area (Å²) in [4.78, 5) is 0. The molecule has 0 aliphatic heterocycles. The van der Waals surface area contributed by atoms with Crippen LogP contribution < -0.4 is 0 Å². The highest BCUT2D eigenvalue weighted by atomic mass is 32.2. The van der Waals surface area contributed by atoms with Gasteiger partial charge < -0.3 is 5.11 Å². The molecule has 0 spiro atoms. The Kier molecular flexibility index (Phi) is 2.95. The van der Waals surface area contributed by atoms with Crippen molar-refractivity contribution in [3.8, 4) is 0 Å². The molecular formula is C3H7O3S. The second-order valence-corrected chi connectivity index (χ2v) is 2.22. The standard InChI is InChI=1S/C3H7O3S/c1-2-3(4)7(5)6/h3-4,7H,1-2H2. The van der Waals surface area contributed by atoms with Gasteiger partial charge in [0.05, 0.1) is 0 Å². The van der Waals surface area contributed by atoms with Gasteiger partial charge in [0.1, 0.15) is 0 Å². The van der Waals surface area contributed by atoms with Gasteiger partial charge in [-0.25, -0.2) is 8.42 Å². The van der Waals surface area contributed by atoms with Crippen molar-refractivity contribution in [2.24, 2.45) is 0 Å². The number of aliphatic hydroxyl groups is 1. The predicted octanol–water partition coefficient (Wildman–Crippen LogP) is -0.860. The molecule has 0 amide bonds. The maximum Gasteiger partial charge on any atom is 0.166 e. The third kappa shape index (κ3) is 2.59. The number of aliphatic hydroxyl groups excluding tert-OH is 1. The first-order valence-electron chi connectivity index (χ1n) is 1.79. The number of rotatable bonds is 2. The first-order chi connectivity index (χ1) is 3.18. The Morgan fingerprint density at radius 1 is 1.71 bits per heavy atom. The van der Waals surface area contributed by atoms with E-state index in [1.165, 1.54) is 0 Å². The van der Waals surface area contributed by atoms with Gasteiger partial charge in [-0.05, 0) is 13.3 Å². The lowest BCUT2D eigenvalue weighted by Crippen LogP contribution is -2.04. The fraction of sp³-hybridized carbons (Fsp3) is 0.667. The minimum atomic E-state index is -2.67. The van der Waals surface area contributed by atoms with Gasteiger partial charge in [0.2, 0.25) is 0 Å². The Morgan fingerprint density at radius 2 is 2.14 bits per heavy atom. The van der Waals surface area contributed by atoms with Gasteiger partial charge in [-0.3, -0.25) is 0 Å². The van der Waals surface area contributed by atoms with Gasteiger partial charge in [0.25, 0.3) is 0 Å². The Morgan fingerprint density at radius 3 is 2.14 bits per heavy atom. The summed E-state index contributed by atoms with van der Waals surface area (Å²) >= 11 is 0. The smallest absolute Gasteiger partial charge is 0.166 e. The summed E-state index contributed by atoms with van der Waals surface area (Å²) in [6, 6.07) is 0. The number of thiol groups is 1. The molecule has 1 N–H and O–H groups in total. The summed E-state index contributed by atoms with van der Waals surface area (Å²) in [7, 11) is -2.67. The Balaban J connectivity index is 3.57. The normalized spacial score (nSPS) is 14.7. The SMILES string of the molecule is [CH2]CC(O)[SH](=O)=O. The van der Waals surface area contributed by atoms with Crippen molar-refractivity contribution < 1.29 is 13.5 Å². The van der Waals surface area contributed by atoms with Crippen molar-refractivity contribution in [1.29, 1.82) is 0 Å². The van der Waals surface area contributed by atoms with E-state index in [1.807, 2.05) is 0 Å². The van der Waals surface area contributed by atoms with E-state index in [0.29, 0.717) is 0 Å². The summed E-state index contributed by atoms with van der Waals surface area (Å²) in [5.74, 6) is 0. The van der Waals surface area contributed by atoms with E-state index in [-0.39, 0.29) is 6.42 Å². The van der Waals surface area contributed by atoms with Crippen LogP contribution in [0.2, 0.25) is 0 Å². The van der Waals surface area contributed by atoms with Crippen molar-refractivity contribution in [2.75, 3.05) is 0 Å². The van der Waals surface area contributed by atoms with Crippen molar-refractivity contribution in [3.05, 3.63) is 6.92 Å². The maximum absolute atomic E-state index is 9.68. The fourth-order valence-electron chi connectivity index (χ4n) is 0.105. The molecule has 0 rings (SSSR count). The molecule has 43 valence electrons. The molecular weight excluding hydrogens is 116 g/mol. The molecule has 1 unspecified atom stereocenters. The highest BCUT2D eigenvalue weighted by Gasteiger charge is 1.98. The summed E-state index contributed by atoms with van der Waals surface area (Å²) in [5.41, 5.74) is -1.25. The van der Waals surface area contributed by atoms with E-state index >= 15 is 0 Å². The lowest BCUT2D eigenvalue weighted by atomic mass is 10.5. The minimum Gasteiger partial charge on any atom is -0.377 e. The van der Waals surface area contributed by atoms with E-state index in [1.54, 1.807) is 0 Å². The molecule has 7 heavy (non-hydrogen) atoms. The number of hydrogen-bond donors (Lipinski definition) is 2. The molecule has 1 radical (unpaired) electrons. The van der Waals surface area contributed by atoms with Gasteiger partial charge in [-0.2, -0.15) is 0 Å². The molecule has 0 aromatic heterocycles. The van der Waals surface area contributed by atoms with Crippen LogP contribution in [0.1, 0.15) is 6.42 Å². The van der Waals surface area contributed by atoms with E-state index in [0.717, 1.165) is 0 Å². The highest BCUT2D eigenvalue weighted by Crippen LogP contribution is 1.85. The van der Waals surface area contributed by atoms with Gasteiger partial charge >= 0.3 is 0 Å². The minimum absolute atomic E-state index is 0.0265. The summed E-state index contributed by atoms with van der Waals surface area (Å²) in [6.07, 6.45) is 0.0265. The lowest BCUT2D eigenvalue weighted by Gasteiger charge is -1.91. The van der Waals surface area contributed by atoms with Crippen molar-refractivity contribution >= 4 is 10.7 Å². The zero-order valence-corrected chi connectivity index (χ0v) is 4.60. The van der Waals surface area contributed by atoms with Crippen molar-refractivity contribution in [1.82, 2.24) is 0 Å². The quantitative estimate of drug-likeness (QED) is 0.470. The molecule has 3 nitrogen and oxygen atoms in total. The molecule has 0 aromatic carbocycles. The van der Waals surface area contributed by atoms with Crippen molar-refractivity contribution in [3.63, 3.8) is 0 Å². The predicted molar refractivity (Wildman–Crippen MR) is 26.3 cm³/mol. The van der Waals surface area contributed by atoms with E-state index in [9.17, 15) is 8.42 Å². The van der Waals surface area contributed by atoms with Crippen LogP contribution in [0.15, 0.2) is 0 Å². The van der Waals surface area contributed by atoms with Crippen LogP contribution in [0.25, 0.3) is 0 Å². The van der Waals surface area contributed by atoms with Crippen molar-refractivity contribution in [2.45, 2.75) is 11.9 Å².